The zero-order valence-electron chi connectivity index (χ0n) is 10.0. The van der Waals surface area contributed by atoms with Crippen LogP contribution in [0.1, 0.15) is 18.4 Å². The van der Waals surface area contributed by atoms with Crippen LogP contribution in [0.2, 0.25) is 0 Å². The summed E-state index contributed by atoms with van der Waals surface area (Å²) in [5, 5.41) is 13.1. The molecule has 0 atom stereocenters. The van der Waals surface area contributed by atoms with Crippen LogP contribution in [0.3, 0.4) is 0 Å². The molecule has 0 amide bonds. The first-order valence-electron chi connectivity index (χ1n) is 6.02. The lowest BCUT2D eigenvalue weighted by Gasteiger charge is -2.48. The van der Waals surface area contributed by atoms with Crippen molar-refractivity contribution in [3.8, 4) is 0 Å². The van der Waals surface area contributed by atoms with E-state index in [9.17, 15) is 18.7 Å². The fraction of sp³-hybridized carbons (Fsp3) is 0.267. The van der Waals surface area contributed by atoms with E-state index < -0.39 is 30.1 Å². The predicted molar refractivity (Wildman–Crippen MR) is 64.8 cm³/mol. The first-order chi connectivity index (χ1) is 8.93. The van der Waals surface area contributed by atoms with Crippen molar-refractivity contribution in [3.63, 3.8) is 0 Å². The van der Waals surface area contributed by atoms with Crippen molar-refractivity contribution in [2.24, 2.45) is 0 Å². The van der Waals surface area contributed by atoms with Gasteiger partial charge in [0.05, 0.1) is 5.97 Å². The fourth-order valence-electron chi connectivity index (χ4n) is 2.78. The van der Waals surface area contributed by atoms with Crippen LogP contribution in [0.5, 0.6) is 0 Å². The second-order valence-corrected chi connectivity index (χ2v) is 5.14. The van der Waals surface area contributed by atoms with Gasteiger partial charge in [0, 0.05) is 18.3 Å². The summed E-state index contributed by atoms with van der Waals surface area (Å²) in [6.07, 6.45) is -1.36. The van der Waals surface area contributed by atoms with Gasteiger partial charge in [-0.3, -0.25) is 0 Å². The Hall–Kier alpha value is -1.97. The van der Waals surface area contributed by atoms with Gasteiger partial charge in [-0.2, -0.15) is 0 Å². The molecule has 1 fully saturated rings. The quantitative estimate of drug-likeness (QED) is 0.832. The summed E-state index contributed by atoms with van der Waals surface area (Å²) in [5.41, 5.74) is -1.15. The van der Waals surface area contributed by atoms with Gasteiger partial charge in [0.2, 0.25) is 0 Å². The predicted octanol–water partition coefficient (Wildman–Crippen LogP) is 2.26. The molecule has 0 radical (unpaired) electrons. The van der Waals surface area contributed by atoms with Gasteiger partial charge >= 0.3 is 0 Å². The van der Waals surface area contributed by atoms with Crippen LogP contribution >= 0.6 is 0 Å². The molecule has 0 bridgehead atoms. The normalized spacial score (nSPS) is 19.9. The zero-order chi connectivity index (χ0) is 13.7. The van der Waals surface area contributed by atoms with Crippen LogP contribution in [0, 0.1) is 0 Å². The molecule has 0 aliphatic heterocycles. The zero-order valence-corrected chi connectivity index (χ0v) is 10.0. The number of hydrogen-bond acceptors (Lipinski definition) is 2. The van der Waals surface area contributed by atoms with Gasteiger partial charge in [-0.05, 0) is 16.3 Å². The Labute approximate surface area is 108 Å². The summed E-state index contributed by atoms with van der Waals surface area (Å²) in [7, 11) is 0. The first kappa shape index (κ1) is 12.1. The van der Waals surface area contributed by atoms with Crippen molar-refractivity contribution in [1.29, 1.82) is 0 Å². The molecule has 98 valence electrons. The smallest absolute Gasteiger partial charge is 0.250 e. The molecule has 1 aliphatic rings. The second-order valence-electron chi connectivity index (χ2n) is 5.14. The second kappa shape index (κ2) is 3.76. The lowest BCUT2D eigenvalue weighted by Crippen LogP contribution is -2.59. The van der Waals surface area contributed by atoms with E-state index in [1.54, 1.807) is 18.2 Å². The van der Waals surface area contributed by atoms with E-state index in [2.05, 4.69) is 0 Å². The molecule has 1 aliphatic carbocycles. The number of carbonyl (C=O) groups is 1. The Balaban J connectivity index is 2.10. The highest BCUT2D eigenvalue weighted by atomic mass is 19.3. The molecule has 0 unspecified atom stereocenters. The number of benzene rings is 2. The number of alkyl halides is 2. The number of halogens is 2. The minimum Gasteiger partial charge on any atom is -0.549 e. The van der Waals surface area contributed by atoms with Crippen molar-refractivity contribution in [3.05, 3.63) is 48.0 Å². The van der Waals surface area contributed by atoms with Crippen LogP contribution in [0.15, 0.2) is 42.5 Å². The SMILES string of the molecule is O=C([O-])C1(c2ccc3ccccc3c2)CC(F)(F)C1. The Morgan fingerprint density at radius 2 is 1.68 bits per heavy atom. The fourth-order valence-corrected chi connectivity index (χ4v) is 2.78. The lowest BCUT2D eigenvalue weighted by molar-refractivity contribution is -0.325. The Kier molecular flexibility index (Phi) is 2.39. The van der Waals surface area contributed by atoms with Gasteiger partial charge in [-0.15, -0.1) is 0 Å². The first-order valence-corrected chi connectivity index (χ1v) is 6.02. The molecule has 2 aromatic carbocycles. The van der Waals surface area contributed by atoms with E-state index in [4.69, 9.17) is 0 Å². The molecule has 3 rings (SSSR count). The summed E-state index contributed by atoms with van der Waals surface area (Å²) < 4.78 is 26.2. The maximum Gasteiger partial charge on any atom is 0.250 e. The lowest BCUT2D eigenvalue weighted by atomic mass is 9.62. The number of hydrogen-bond donors (Lipinski definition) is 0. The van der Waals surface area contributed by atoms with Crippen molar-refractivity contribution < 1.29 is 18.7 Å². The van der Waals surface area contributed by atoms with Crippen LogP contribution in [-0.2, 0) is 10.2 Å². The molecule has 2 aromatic rings. The van der Waals surface area contributed by atoms with E-state index in [1.807, 2.05) is 24.3 Å². The standard InChI is InChI=1S/C15H12F2O2/c16-15(17)8-14(9-15,13(18)19)12-6-5-10-3-1-2-4-11(10)7-12/h1-7H,8-9H2,(H,18,19)/p-1. The molecular formula is C15H11F2O2-. The van der Waals surface area contributed by atoms with Gasteiger partial charge in [0.1, 0.15) is 0 Å². The van der Waals surface area contributed by atoms with Gasteiger partial charge in [0.15, 0.2) is 0 Å². The Bertz CT molecular complexity index is 656. The number of carboxylic acid groups (broad SMARTS) is 1. The van der Waals surface area contributed by atoms with E-state index in [0.29, 0.717) is 5.56 Å². The third-order valence-electron chi connectivity index (χ3n) is 3.81. The topological polar surface area (TPSA) is 40.1 Å². The van der Waals surface area contributed by atoms with E-state index in [-0.39, 0.29) is 0 Å². The van der Waals surface area contributed by atoms with Crippen molar-refractivity contribution in [2.45, 2.75) is 24.2 Å². The molecule has 0 N–H and O–H groups in total. The van der Waals surface area contributed by atoms with Crippen molar-refractivity contribution in [2.75, 3.05) is 0 Å². The monoisotopic (exact) mass is 261 g/mol. The number of rotatable bonds is 2. The third-order valence-corrected chi connectivity index (χ3v) is 3.81. The van der Waals surface area contributed by atoms with Crippen molar-refractivity contribution >= 4 is 16.7 Å². The van der Waals surface area contributed by atoms with Crippen LogP contribution in [-0.4, -0.2) is 11.9 Å². The van der Waals surface area contributed by atoms with Crippen molar-refractivity contribution in [1.82, 2.24) is 0 Å². The minimum absolute atomic E-state index is 0.400. The molecular weight excluding hydrogens is 250 g/mol. The average molecular weight is 261 g/mol. The van der Waals surface area contributed by atoms with Gasteiger partial charge in [-0.25, -0.2) is 8.78 Å². The molecule has 4 heteroatoms. The molecule has 1 saturated carbocycles. The maximum atomic E-state index is 13.1. The van der Waals surface area contributed by atoms with Gasteiger partial charge < -0.3 is 9.90 Å². The molecule has 0 spiro atoms. The van der Waals surface area contributed by atoms with Crippen LogP contribution < -0.4 is 5.11 Å². The van der Waals surface area contributed by atoms with Crippen LogP contribution in [0.4, 0.5) is 8.78 Å². The highest BCUT2D eigenvalue weighted by Crippen LogP contribution is 2.53. The molecule has 0 saturated heterocycles. The minimum atomic E-state index is -2.91. The Morgan fingerprint density at radius 1 is 1.05 bits per heavy atom. The van der Waals surface area contributed by atoms with E-state index in [0.717, 1.165) is 10.8 Å². The highest BCUT2D eigenvalue weighted by molar-refractivity contribution is 5.87. The molecule has 19 heavy (non-hydrogen) atoms. The number of aliphatic carboxylic acids is 1. The van der Waals surface area contributed by atoms with Gasteiger partial charge in [-0.1, -0.05) is 42.5 Å². The van der Waals surface area contributed by atoms with E-state index in [1.165, 1.54) is 0 Å². The third kappa shape index (κ3) is 1.79. The van der Waals surface area contributed by atoms with Gasteiger partial charge in [0.25, 0.3) is 5.92 Å². The maximum absolute atomic E-state index is 13.1. The number of carboxylic acids is 1. The van der Waals surface area contributed by atoms with E-state index >= 15 is 0 Å². The Morgan fingerprint density at radius 3 is 2.26 bits per heavy atom. The van der Waals surface area contributed by atoms with Crippen LogP contribution in [0.25, 0.3) is 10.8 Å². The highest BCUT2D eigenvalue weighted by Gasteiger charge is 2.58. The summed E-state index contributed by atoms with van der Waals surface area (Å²) in [6, 6.07) is 12.4. The molecule has 0 heterocycles. The summed E-state index contributed by atoms with van der Waals surface area (Å²) in [5.74, 6) is -4.33. The summed E-state index contributed by atoms with van der Waals surface area (Å²) in [4.78, 5) is 11.3. The average Bonchev–Trinajstić information content (AvgIpc) is 2.34. The largest absolute Gasteiger partial charge is 0.549 e. The number of fused-ring (bicyclic) bond motifs is 1. The summed E-state index contributed by atoms with van der Waals surface area (Å²) >= 11 is 0. The summed E-state index contributed by atoms with van der Waals surface area (Å²) in [6.45, 7) is 0. The molecule has 0 aromatic heterocycles. The molecule has 2 nitrogen and oxygen atoms in total. The number of carbonyl (C=O) groups excluding carboxylic acids is 1.